The van der Waals surface area contributed by atoms with Gasteiger partial charge >= 0.3 is 0 Å². The third-order valence-corrected chi connectivity index (χ3v) is 5.26. The van der Waals surface area contributed by atoms with Crippen LogP contribution in [-0.2, 0) is 14.3 Å². The molecule has 3 unspecified atom stereocenters. The number of rotatable bonds is 3. The third-order valence-electron chi connectivity index (χ3n) is 5.26. The highest BCUT2D eigenvalue weighted by Crippen LogP contribution is 2.48. The van der Waals surface area contributed by atoms with E-state index in [0.29, 0.717) is 19.4 Å². The highest BCUT2D eigenvalue weighted by molar-refractivity contribution is 5.99. The molecule has 5 heteroatoms. The fourth-order valence-electron chi connectivity index (χ4n) is 4.19. The average molecular weight is 280 g/mol. The van der Waals surface area contributed by atoms with Gasteiger partial charge in [-0.2, -0.15) is 0 Å². The second-order valence-corrected chi connectivity index (χ2v) is 6.60. The van der Waals surface area contributed by atoms with E-state index in [2.05, 4.69) is 0 Å². The maximum Gasteiger partial charge on any atom is 0.230 e. The zero-order valence-corrected chi connectivity index (χ0v) is 12.1. The van der Waals surface area contributed by atoms with Gasteiger partial charge in [-0.15, -0.1) is 0 Å². The van der Waals surface area contributed by atoms with Crippen LogP contribution < -0.4 is 5.73 Å². The minimum atomic E-state index is -0.242. The first-order valence-corrected chi connectivity index (χ1v) is 7.78. The Bertz CT molecular complexity index is 395. The van der Waals surface area contributed by atoms with Crippen molar-refractivity contribution in [2.75, 3.05) is 6.61 Å². The number of imide groups is 1. The van der Waals surface area contributed by atoms with Gasteiger partial charge in [0.1, 0.15) is 0 Å². The van der Waals surface area contributed by atoms with Crippen LogP contribution in [0.2, 0.25) is 0 Å². The zero-order chi connectivity index (χ0) is 14.3. The lowest BCUT2D eigenvalue weighted by Gasteiger charge is -2.50. The summed E-state index contributed by atoms with van der Waals surface area (Å²) in [4.78, 5) is 26.4. The molecule has 20 heavy (non-hydrogen) atoms. The van der Waals surface area contributed by atoms with Crippen molar-refractivity contribution in [1.82, 2.24) is 4.90 Å². The van der Waals surface area contributed by atoms with E-state index in [4.69, 9.17) is 10.5 Å². The molecule has 0 aromatic rings. The maximum absolute atomic E-state index is 12.5. The van der Waals surface area contributed by atoms with Crippen molar-refractivity contribution in [2.24, 2.45) is 11.1 Å². The van der Waals surface area contributed by atoms with Crippen LogP contribution in [-0.4, -0.2) is 41.5 Å². The van der Waals surface area contributed by atoms with Crippen LogP contribution >= 0.6 is 0 Å². The molecule has 112 valence electrons. The first-order valence-electron chi connectivity index (χ1n) is 7.78. The van der Waals surface area contributed by atoms with Crippen LogP contribution in [0.3, 0.4) is 0 Å². The Hall–Kier alpha value is -0.940. The first-order chi connectivity index (χ1) is 9.56. The lowest BCUT2D eigenvalue weighted by molar-refractivity contribution is -0.168. The van der Waals surface area contributed by atoms with E-state index in [0.717, 1.165) is 32.1 Å². The normalized spacial score (nSPS) is 36.5. The Balaban J connectivity index is 1.74. The second kappa shape index (κ2) is 5.11. The SMILES string of the molecule is CCOC1CC(N)C1N1C(=O)CC2(CCCC2)CC1=O. The molecule has 2 saturated carbocycles. The first kappa shape index (κ1) is 14.0. The Morgan fingerprint density at radius 2 is 1.85 bits per heavy atom. The molecule has 0 bridgehead atoms. The average Bonchev–Trinajstić information content (AvgIpc) is 2.81. The molecule has 1 saturated heterocycles. The summed E-state index contributed by atoms with van der Waals surface area (Å²) in [6.07, 6.45) is 6.02. The summed E-state index contributed by atoms with van der Waals surface area (Å²) >= 11 is 0. The number of likely N-dealkylation sites (tertiary alicyclic amines) is 1. The fraction of sp³-hybridized carbons (Fsp3) is 0.867. The molecule has 0 radical (unpaired) electrons. The topological polar surface area (TPSA) is 72.6 Å². The summed E-state index contributed by atoms with van der Waals surface area (Å²) in [5.74, 6) is -0.0685. The van der Waals surface area contributed by atoms with E-state index < -0.39 is 0 Å². The number of amides is 2. The predicted octanol–water partition coefficient (Wildman–Crippen LogP) is 1.20. The molecule has 1 spiro atoms. The van der Waals surface area contributed by atoms with E-state index in [1.54, 1.807) is 0 Å². The molecule has 1 aliphatic heterocycles. The number of nitrogens with two attached hydrogens (primary N) is 1. The standard InChI is InChI=1S/C15H24N2O3/c1-2-20-11-7-10(16)14(11)17-12(18)8-15(9-13(17)19)5-3-4-6-15/h10-11,14H,2-9,16H2,1H3. The van der Waals surface area contributed by atoms with Crippen LogP contribution in [0.4, 0.5) is 0 Å². The van der Waals surface area contributed by atoms with Crippen molar-refractivity contribution in [3.63, 3.8) is 0 Å². The minimum absolute atomic E-state index is 0.0343. The van der Waals surface area contributed by atoms with Crippen LogP contribution in [0, 0.1) is 5.41 Å². The van der Waals surface area contributed by atoms with Gasteiger partial charge in [-0.3, -0.25) is 14.5 Å². The molecule has 2 aliphatic carbocycles. The number of carbonyl (C=O) groups is 2. The molecule has 3 fully saturated rings. The van der Waals surface area contributed by atoms with E-state index in [1.807, 2.05) is 6.92 Å². The quantitative estimate of drug-likeness (QED) is 0.788. The highest BCUT2D eigenvalue weighted by atomic mass is 16.5. The molecular formula is C15H24N2O3. The Morgan fingerprint density at radius 3 is 2.35 bits per heavy atom. The van der Waals surface area contributed by atoms with Gasteiger partial charge in [0.15, 0.2) is 0 Å². The molecule has 3 atom stereocenters. The molecule has 2 N–H and O–H groups in total. The van der Waals surface area contributed by atoms with Gasteiger partial charge in [-0.1, -0.05) is 12.8 Å². The van der Waals surface area contributed by atoms with Gasteiger partial charge in [-0.25, -0.2) is 0 Å². The van der Waals surface area contributed by atoms with Gasteiger partial charge in [0.2, 0.25) is 11.8 Å². The Kier molecular flexibility index (Phi) is 3.58. The lowest BCUT2D eigenvalue weighted by Crippen LogP contribution is -2.68. The van der Waals surface area contributed by atoms with E-state index in [9.17, 15) is 9.59 Å². The van der Waals surface area contributed by atoms with E-state index in [1.165, 1.54) is 4.90 Å². The summed E-state index contributed by atoms with van der Waals surface area (Å²) in [6, 6.07) is -0.370. The largest absolute Gasteiger partial charge is 0.376 e. The third kappa shape index (κ3) is 2.17. The number of nitrogens with zero attached hydrogens (tertiary/aromatic N) is 1. The summed E-state index contributed by atoms with van der Waals surface area (Å²) in [5, 5.41) is 0. The van der Waals surface area contributed by atoms with Crippen molar-refractivity contribution in [3.8, 4) is 0 Å². The van der Waals surface area contributed by atoms with E-state index in [-0.39, 0.29) is 35.4 Å². The van der Waals surface area contributed by atoms with Gasteiger partial charge < -0.3 is 10.5 Å². The lowest BCUT2D eigenvalue weighted by atomic mass is 9.73. The van der Waals surface area contributed by atoms with Gasteiger partial charge in [0.25, 0.3) is 0 Å². The number of ether oxygens (including phenoxy) is 1. The molecule has 1 heterocycles. The van der Waals surface area contributed by atoms with E-state index >= 15 is 0 Å². The molecule has 5 nitrogen and oxygen atoms in total. The number of piperidine rings is 1. The summed E-state index contributed by atoms with van der Waals surface area (Å²) in [7, 11) is 0. The number of hydrogen-bond acceptors (Lipinski definition) is 4. The minimum Gasteiger partial charge on any atom is -0.376 e. The molecular weight excluding hydrogens is 256 g/mol. The number of hydrogen-bond donors (Lipinski definition) is 1. The van der Waals surface area contributed by atoms with Crippen molar-refractivity contribution < 1.29 is 14.3 Å². The van der Waals surface area contributed by atoms with Gasteiger partial charge in [0, 0.05) is 25.5 Å². The summed E-state index contributed by atoms with van der Waals surface area (Å²) < 4.78 is 5.60. The number of carbonyl (C=O) groups excluding carboxylic acids is 2. The van der Waals surface area contributed by atoms with Crippen LogP contribution in [0.15, 0.2) is 0 Å². The van der Waals surface area contributed by atoms with Crippen molar-refractivity contribution in [3.05, 3.63) is 0 Å². The molecule has 3 rings (SSSR count). The van der Waals surface area contributed by atoms with Crippen molar-refractivity contribution in [1.29, 1.82) is 0 Å². The van der Waals surface area contributed by atoms with Crippen molar-refractivity contribution in [2.45, 2.75) is 70.1 Å². The van der Waals surface area contributed by atoms with Gasteiger partial charge in [0.05, 0.1) is 12.1 Å². The molecule has 0 aromatic heterocycles. The maximum atomic E-state index is 12.5. The van der Waals surface area contributed by atoms with Crippen LogP contribution in [0.5, 0.6) is 0 Å². The molecule has 3 aliphatic rings. The van der Waals surface area contributed by atoms with Crippen LogP contribution in [0.1, 0.15) is 51.9 Å². The Labute approximate surface area is 119 Å². The smallest absolute Gasteiger partial charge is 0.230 e. The Morgan fingerprint density at radius 1 is 1.25 bits per heavy atom. The second-order valence-electron chi connectivity index (χ2n) is 6.60. The zero-order valence-electron chi connectivity index (χ0n) is 12.1. The summed E-state index contributed by atoms with van der Waals surface area (Å²) in [5.41, 5.74) is 5.98. The fourth-order valence-corrected chi connectivity index (χ4v) is 4.19. The predicted molar refractivity (Wildman–Crippen MR) is 73.8 cm³/mol. The molecule has 0 aromatic carbocycles. The van der Waals surface area contributed by atoms with Crippen LogP contribution in [0.25, 0.3) is 0 Å². The highest BCUT2D eigenvalue weighted by Gasteiger charge is 2.53. The molecule has 2 amide bonds. The van der Waals surface area contributed by atoms with Crippen molar-refractivity contribution >= 4 is 11.8 Å². The summed E-state index contributed by atoms with van der Waals surface area (Å²) in [6.45, 7) is 2.52. The monoisotopic (exact) mass is 280 g/mol. The van der Waals surface area contributed by atoms with Gasteiger partial charge in [-0.05, 0) is 31.6 Å².